The smallest absolute Gasteiger partial charge is 0.312 e. The molecule has 0 radical (unpaired) electrons. The molecule has 4 N–H and O–H groups in total. The average molecular weight is 295 g/mol. The fourth-order valence-electron chi connectivity index (χ4n) is 1.99. The lowest BCUT2D eigenvalue weighted by molar-refractivity contribution is -0.124. The Morgan fingerprint density at radius 1 is 1.38 bits per heavy atom. The van der Waals surface area contributed by atoms with Gasteiger partial charge < -0.3 is 16.4 Å². The summed E-state index contributed by atoms with van der Waals surface area (Å²) in [5.41, 5.74) is 5.89. The van der Waals surface area contributed by atoms with Crippen molar-refractivity contribution in [1.29, 1.82) is 0 Å². The molecule has 21 heavy (non-hydrogen) atoms. The lowest BCUT2D eigenvalue weighted by Gasteiger charge is -2.22. The number of nitrogens with two attached hydrogens (primary N) is 1. The number of hydrogen-bond donors (Lipinski definition) is 3. The highest BCUT2D eigenvalue weighted by Crippen LogP contribution is 2.08. The number of primary amides is 1. The molecule has 116 valence electrons. The summed E-state index contributed by atoms with van der Waals surface area (Å²) in [7, 11) is 0. The van der Waals surface area contributed by atoms with Crippen molar-refractivity contribution in [2.24, 2.45) is 11.7 Å². The van der Waals surface area contributed by atoms with Crippen LogP contribution in [0.15, 0.2) is 24.3 Å². The van der Waals surface area contributed by atoms with Crippen LogP contribution in [0.5, 0.6) is 0 Å². The van der Waals surface area contributed by atoms with Crippen LogP contribution in [0.25, 0.3) is 0 Å². The Labute approximate surface area is 124 Å². The quantitative estimate of drug-likeness (QED) is 0.713. The third kappa shape index (κ3) is 5.81. The topological polar surface area (TPSA) is 84.2 Å². The number of amides is 3. The van der Waals surface area contributed by atoms with Gasteiger partial charge in [-0.1, -0.05) is 32.4 Å². The number of carbonyl (C=O) groups excluding carboxylic acids is 2. The molecule has 2 unspecified atom stereocenters. The second-order valence-electron chi connectivity index (χ2n) is 5.04. The summed E-state index contributed by atoms with van der Waals surface area (Å²) in [6, 6.07) is 4.85. The highest BCUT2D eigenvalue weighted by atomic mass is 19.1. The van der Waals surface area contributed by atoms with Crippen LogP contribution < -0.4 is 16.4 Å². The van der Waals surface area contributed by atoms with Crippen molar-refractivity contribution in [3.8, 4) is 0 Å². The third-order valence-electron chi connectivity index (χ3n) is 3.40. The van der Waals surface area contributed by atoms with Gasteiger partial charge in [0.1, 0.15) is 11.9 Å². The molecule has 0 aromatic heterocycles. The largest absolute Gasteiger partial charge is 0.354 e. The van der Waals surface area contributed by atoms with Gasteiger partial charge in [-0.05, 0) is 30.0 Å². The Morgan fingerprint density at radius 2 is 2.10 bits per heavy atom. The van der Waals surface area contributed by atoms with Gasteiger partial charge in [-0.15, -0.1) is 0 Å². The number of urea groups is 1. The normalized spacial score (nSPS) is 13.3. The van der Waals surface area contributed by atoms with Crippen LogP contribution in [0.1, 0.15) is 25.8 Å². The molecule has 1 rings (SSSR count). The lowest BCUT2D eigenvalue weighted by Crippen LogP contribution is -2.52. The molecular weight excluding hydrogens is 273 g/mol. The lowest BCUT2D eigenvalue weighted by atomic mass is 9.98. The molecule has 0 aliphatic carbocycles. The van der Waals surface area contributed by atoms with Gasteiger partial charge in [-0.25, -0.2) is 9.18 Å². The van der Waals surface area contributed by atoms with E-state index in [1.807, 2.05) is 13.8 Å². The molecule has 0 bridgehead atoms. The van der Waals surface area contributed by atoms with Crippen LogP contribution in [0, 0.1) is 11.7 Å². The summed E-state index contributed by atoms with van der Waals surface area (Å²) in [6.07, 6.45) is 1.26. The summed E-state index contributed by atoms with van der Waals surface area (Å²) < 4.78 is 13.0. The monoisotopic (exact) mass is 295 g/mol. The van der Waals surface area contributed by atoms with Gasteiger partial charge in [0, 0.05) is 6.54 Å². The maximum Gasteiger partial charge on any atom is 0.312 e. The number of carbonyl (C=O) groups is 2. The molecule has 0 fully saturated rings. The maximum atomic E-state index is 13.0. The number of nitrogens with one attached hydrogen (secondary N) is 2. The SMILES string of the molecule is CCC(C)C(NC(N)=O)C(=O)NCCc1cccc(F)c1. The number of benzene rings is 1. The van der Waals surface area contributed by atoms with Crippen LogP contribution >= 0.6 is 0 Å². The van der Waals surface area contributed by atoms with E-state index in [1.165, 1.54) is 12.1 Å². The van der Waals surface area contributed by atoms with Gasteiger partial charge >= 0.3 is 6.03 Å². The van der Waals surface area contributed by atoms with Crippen molar-refractivity contribution < 1.29 is 14.0 Å². The van der Waals surface area contributed by atoms with Crippen molar-refractivity contribution >= 4 is 11.9 Å². The minimum absolute atomic E-state index is 0.0216. The fraction of sp³-hybridized carbons (Fsp3) is 0.467. The van der Waals surface area contributed by atoms with Gasteiger partial charge in [-0.3, -0.25) is 4.79 Å². The van der Waals surface area contributed by atoms with E-state index in [4.69, 9.17) is 5.73 Å². The van der Waals surface area contributed by atoms with Crippen LogP contribution in [0.3, 0.4) is 0 Å². The summed E-state index contributed by atoms with van der Waals surface area (Å²) in [5.74, 6) is -0.599. The predicted octanol–water partition coefficient (Wildman–Crippen LogP) is 1.57. The van der Waals surface area contributed by atoms with Crippen molar-refractivity contribution in [2.75, 3.05) is 6.54 Å². The summed E-state index contributed by atoms with van der Waals surface area (Å²) >= 11 is 0. The molecule has 0 heterocycles. The van der Waals surface area contributed by atoms with E-state index in [9.17, 15) is 14.0 Å². The first-order chi connectivity index (χ1) is 9.93. The van der Waals surface area contributed by atoms with Gasteiger partial charge in [0.2, 0.25) is 5.91 Å². The van der Waals surface area contributed by atoms with E-state index in [0.29, 0.717) is 13.0 Å². The molecule has 0 saturated heterocycles. The van der Waals surface area contributed by atoms with Crippen LogP contribution in [-0.4, -0.2) is 24.5 Å². The Bertz CT molecular complexity index is 494. The minimum atomic E-state index is -0.722. The van der Waals surface area contributed by atoms with Crippen molar-refractivity contribution in [3.05, 3.63) is 35.6 Å². The van der Waals surface area contributed by atoms with E-state index in [2.05, 4.69) is 10.6 Å². The first-order valence-corrected chi connectivity index (χ1v) is 7.02. The molecule has 1 aromatic rings. The Hall–Kier alpha value is -2.11. The van der Waals surface area contributed by atoms with Crippen molar-refractivity contribution in [1.82, 2.24) is 10.6 Å². The van der Waals surface area contributed by atoms with Gasteiger partial charge in [0.05, 0.1) is 0 Å². The van der Waals surface area contributed by atoms with E-state index >= 15 is 0 Å². The van der Waals surface area contributed by atoms with E-state index < -0.39 is 12.1 Å². The zero-order valence-corrected chi connectivity index (χ0v) is 12.4. The molecular formula is C15H22FN3O2. The Balaban J connectivity index is 2.51. The molecule has 2 atom stereocenters. The molecule has 0 aliphatic rings. The molecule has 0 aliphatic heterocycles. The zero-order valence-electron chi connectivity index (χ0n) is 12.4. The Kier molecular flexibility index (Phi) is 6.65. The Morgan fingerprint density at radius 3 is 2.67 bits per heavy atom. The number of rotatable bonds is 7. The van der Waals surface area contributed by atoms with Gasteiger partial charge in [0.15, 0.2) is 0 Å². The van der Waals surface area contributed by atoms with Gasteiger partial charge in [-0.2, -0.15) is 0 Å². The molecule has 5 nitrogen and oxygen atoms in total. The molecule has 0 saturated carbocycles. The molecule has 6 heteroatoms. The minimum Gasteiger partial charge on any atom is -0.354 e. The van der Waals surface area contributed by atoms with E-state index in [1.54, 1.807) is 12.1 Å². The average Bonchev–Trinajstić information content (AvgIpc) is 2.43. The zero-order chi connectivity index (χ0) is 15.8. The highest BCUT2D eigenvalue weighted by Gasteiger charge is 2.24. The molecule has 3 amide bonds. The first-order valence-electron chi connectivity index (χ1n) is 7.02. The van der Waals surface area contributed by atoms with E-state index in [-0.39, 0.29) is 17.6 Å². The number of halogens is 1. The summed E-state index contributed by atoms with van der Waals surface area (Å²) in [4.78, 5) is 23.0. The second-order valence-corrected chi connectivity index (χ2v) is 5.04. The molecule has 1 aromatic carbocycles. The molecule has 0 spiro atoms. The second kappa shape index (κ2) is 8.24. The summed E-state index contributed by atoms with van der Waals surface area (Å²) in [5, 5.41) is 5.19. The highest BCUT2D eigenvalue weighted by molar-refractivity contribution is 5.86. The van der Waals surface area contributed by atoms with Crippen molar-refractivity contribution in [3.63, 3.8) is 0 Å². The van der Waals surface area contributed by atoms with Crippen LogP contribution in [-0.2, 0) is 11.2 Å². The maximum absolute atomic E-state index is 13.0. The predicted molar refractivity (Wildman–Crippen MR) is 79.1 cm³/mol. The van der Waals surface area contributed by atoms with Crippen molar-refractivity contribution in [2.45, 2.75) is 32.7 Å². The van der Waals surface area contributed by atoms with Crippen LogP contribution in [0.2, 0.25) is 0 Å². The first kappa shape index (κ1) is 16.9. The number of hydrogen-bond acceptors (Lipinski definition) is 2. The van der Waals surface area contributed by atoms with Gasteiger partial charge in [0.25, 0.3) is 0 Å². The standard InChI is InChI=1S/C15H22FN3O2/c1-3-10(2)13(19-15(17)21)14(20)18-8-7-11-5-4-6-12(16)9-11/h4-6,9-10,13H,3,7-8H2,1-2H3,(H,18,20)(H3,17,19,21). The summed E-state index contributed by atoms with van der Waals surface area (Å²) in [6.45, 7) is 4.17. The van der Waals surface area contributed by atoms with E-state index in [0.717, 1.165) is 12.0 Å². The fourth-order valence-corrected chi connectivity index (χ4v) is 1.99. The third-order valence-corrected chi connectivity index (χ3v) is 3.40. The van der Waals surface area contributed by atoms with Crippen LogP contribution in [0.4, 0.5) is 9.18 Å².